The largest absolute Gasteiger partial charge is 0.385 e. The maximum Gasteiger partial charge on any atom is 0.235 e. The first-order valence-electron chi connectivity index (χ1n) is 12.1. The van der Waals surface area contributed by atoms with Gasteiger partial charge < -0.3 is 15.3 Å². The zero-order valence-electron chi connectivity index (χ0n) is 19.8. The van der Waals surface area contributed by atoms with Crippen LogP contribution < -0.4 is 5.32 Å². The highest BCUT2D eigenvalue weighted by Crippen LogP contribution is 2.38. The van der Waals surface area contributed by atoms with Gasteiger partial charge in [0.15, 0.2) is 0 Å². The fraction of sp³-hybridized carbons (Fsp3) is 0.345. The average molecular weight is 495 g/mol. The second kappa shape index (κ2) is 11.3. The number of aliphatic hydroxyl groups is 1. The van der Waals surface area contributed by atoms with Gasteiger partial charge in [0, 0.05) is 24.7 Å². The van der Waals surface area contributed by atoms with Crippen molar-refractivity contribution in [2.75, 3.05) is 32.9 Å². The molecule has 1 fully saturated rings. The minimum atomic E-state index is -0.943. The number of amides is 1. The zero-order valence-corrected chi connectivity index (χ0v) is 20.6. The SMILES string of the molecule is O=C(NCCF)C(CCN1CCC(O)(c2ccc(Cl)cc2)CC1)(c1ccccc1)c1ccccc1. The Hall–Kier alpha value is -2.73. The Kier molecular flexibility index (Phi) is 8.22. The molecule has 3 aromatic rings. The molecule has 0 aliphatic carbocycles. The molecule has 184 valence electrons. The van der Waals surface area contributed by atoms with Gasteiger partial charge in [-0.1, -0.05) is 84.4 Å². The maximum absolute atomic E-state index is 13.7. The van der Waals surface area contributed by atoms with Crippen molar-refractivity contribution in [3.63, 3.8) is 0 Å². The summed E-state index contributed by atoms with van der Waals surface area (Å²) in [4.78, 5) is 16.0. The fourth-order valence-electron chi connectivity index (χ4n) is 5.11. The third-order valence-corrected chi connectivity index (χ3v) is 7.42. The van der Waals surface area contributed by atoms with Crippen molar-refractivity contribution in [2.45, 2.75) is 30.3 Å². The van der Waals surface area contributed by atoms with E-state index in [0.717, 1.165) is 16.7 Å². The smallest absolute Gasteiger partial charge is 0.235 e. The number of carbonyl (C=O) groups is 1. The topological polar surface area (TPSA) is 52.6 Å². The van der Waals surface area contributed by atoms with E-state index in [1.54, 1.807) is 0 Å². The number of hydrogen-bond donors (Lipinski definition) is 2. The lowest BCUT2D eigenvalue weighted by Crippen LogP contribution is -2.49. The van der Waals surface area contributed by atoms with Crippen LogP contribution in [0.4, 0.5) is 4.39 Å². The average Bonchev–Trinajstić information content (AvgIpc) is 2.90. The van der Waals surface area contributed by atoms with Crippen LogP contribution in [0.1, 0.15) is 36.0 Å². The molecule has 1 aliphatic heterocycles. The molecule has 3 aromatic carbocycles. The molecule has 0 bridgehead atoms. The fourth-order valence-corrected chi connectivity index (χ4v) is 5.24. The second-order valence-electron chi connectivity index (χ2n) is 9.21. The van der Waals surface area contributed by atoms with Crippen LogP contribution in [0.5, 0.6) is 0 Å². The molecule has 4 rings (SSSR count). The summed E-state index contributed by atoms with van der Waals surface area (Å²) in [6.45, 7) is 1.47. The van der Waals surface area contributed by atoms with Crippen LogP contribution in [0, 0.1) is 0 Å². The molecular formula is C29H32ClFN2O2. The van der Waals surface area contributed by atoms with Crippen LogP contribution in [0.3, 0.4) is 0 Å². The van der Waals surface area contributed by atoms with Crippen molar-refractivity contribution in [2.24, 2.45) is 0 Å². The van der Waals surface area contributed by atoms with Gasteiger partial charge in [0.2, 0.25) is 5.91 Å². The molecule has 1 amide bonds. The van der Waals surface area contributed by atoms with Gasteiger partial charge in [0.25, 0.3) is 0 Å². The molecule has 0 aromatic heterocycles. The van der Waals surface area contributed by atoms with E-state index >= 15 is 0 Å². The maximum atomic E-state index is 13.7. The Morgan fingerprint density at radius 1 is 0.943 bits per heavy atom. The molecule has 2 N–H and O–H groups in total. The molecule has 0 saturated carbocycles. The standard InChI is InChI=1S/C29H32ClFN2O2/c30-26-13-11-23(12-14-26)28(35)15-20-33(21-16-28)22-17-29(27(34)32-19-18-31,24-7-3-1-4-8-24)25-9-5-2-6-10-25/h1-14,35H,15-22H2,(H,32,34). The molecule has 6 heteroatoms. The highest BCUT2D eigenvalue weighted by atomic mass is 35.5. The van der Waals surface area contributed by atoms with Gasteiger partial charge in [0.1, 0.15) is 12.1 Å². The van der Waals surface area contributed by atoms with Gasteiger partial charge in [0.05, 0.1) is 5.60 Å². The first kappa shape index (κ1) is 25.4. The van der Waals surface area contributed by atoms with Crippen LogP contribution in [0.25, 0.3) is 0 Å². The Morgan fingerprint density at radius 3 is 2.00 bits per heavy atom. The predicted molar refractivity (Wildman–Crippen MR) is 138 cm³/mol. The molecule has 1 heterocycles. The van der Waals surface area contributed by atoms with E-state index in [-0.39, 0.29) is 12.5 Å². The number of halogens is 2. The minimum absolute atomic E-state index is 0.0158. The predicted octanol–water partition coefficient (Wildman–Crippen LogP) is 5.09. The van der Waals surface area contributed by atoms with E-state index < -0.39 is 17.7 Å². The molecule has 0 unspecified atom stereocenters. The van der Waals surface area contributed by atoms with E-state index in [4.69, 9.17) is 11.6 Å². The third kappa shape index (κ3) is 5.58. The molecule has 0 atom stereocenters. The normalized spacial score (nSPS) is 16.1. The van der Waals surface area contributed by atoms with Crippen LogP contribution in [0.15, 0.2) is 84.9 Å². The number of piperidine rings is 1. The second-order valence-corrected chi connectivity index (χ2v) is 9.65. The lowest BCUT2D eigenvalue weighted by molar-refractivity contribution is -0.126. The molecule has 1 saturated heterocycles. The first-order valence-corrected chi connectivity index (χ1v) is 12.5. The molecule has 0 radical (unpaired) electrons. The summed E-state index contributed by atoms with van der Waals surface area (Å²) in [7, 11) is 0. The van der Waals surface area contributed by atoms with Crippen LogP contribution >= 0.6 is 11.6 Å². The summed E-state index contributed by atoms with van der Waals surface area (Å²) < 4.78 is 13.0. The Labute approximate surface area is 211 Å². The molecule has 0 spiro atoms. The monoisotopic (exact) mass is 494 g/mol. The molecular weight excluding hydrogens is 463 g/mol. The van der Waals surface area contributed by atoms with Gasteiger partial charge in [-0.15, -0.1) is 0 Å². The van der Waals surface area contributed by atoms with E-state index in [9.17, 15) is 14.3 Å². The van der Waals surface area contributed by atoms with Crippen molar-refractivity contribution < 1.29 is 14.3 Å². The number of alkyl halides is 1. The number of nitrogens with zero attached hydrogens (tertiary/aromatic N) is 1. The number of carbonyl (C=O) groups excluding carboxylic acids is 1. The Balaban J connectivity index is 1.56. The number of hydrogen-bond acceptors (Lipinski definition) is 3. The van der Waals surface area contributed by atoms with E-state index in [1.165, 1.54) is 0 Å². The summed E-state index contributed by atoms with van der Waals surface area (Å²) in [6, 6.07) is 26.9. The Bertz CT molecular complexity index is 1050. The molecule has 1 aliphatic rings. The van der Waals surface area contributed by atoms with Crippen LogP contribution in [-0.2, 0) is 15.8 Å². The summed E-state index contributed by atoms with van der Waals surface area (Å²) in [6.07, 6.45) is 1.75. The summed E-state index contributed by atoms with van der Waals surface area (Å²) in [5, 5.41) is 14.7. The van der Waals surface area contributed by atoms with Gasteiger partial charge >= 0.3 is 0 Å². The van der Waals surface area contributed by atoms with Gasteiger partial charge in [-0.25, -0.2) is 4.39 Å². The van der Waals surface area contributed by atoms with Gasteiger partial charge in [-0.3, -0.25) is 4.79 Å². The van der Waals surface area contributed by atoms with Crippen molar-refractivity contribution in [3.8, 4) is 0 Å². The van der Waals surface area contributed by atoms with Crippen molar-refractivity contribution >= 4 is 17.5 Å². The van der Waals surface area contributed by atoms with Gasteiger partial charge in [-0.05, 0) is 54.6 Å². The third-order valence-electron chi connectivity index (χ3n) is 7.17. The van der Waals surface area contributed by atoms with Gasteiger partial charge in [-0.2, -0.15) is 0 Å². The lowest BCUT2D eigenvalue weighted by atomic mass is 9.71. The van der Waals surface area contributed by atoms with Crippen LogP contribution in [-0.4, -0.2) is 48.8 Å². The van der Waals surface area contributed by atoms with Crippen molar-refractivity contribution in [1.29, 1.82) is 0 Å². The van der Waals surface area contributed by atoms with E-state index in [1.807, 2.05) is 84.9 Å². The van der Waals surface area contributed by atoms with Crippen molar-refractivity contribution in [1.82, 2.24) is 10.2 Å². The minimum Gasteiger partial charge on any atom is -0.385 e. The highest BCUT2D eigenvalue weighted by Gasteiger charge is 2.42. The van der Waals surface area contributed by atoms with E-state index in [0.29, 0.717) is 43.9 Å². The van der Waals surface area contributed by atoms with Crippen LogP contribution in [0.2, 0.25) is 5.02 Å². The number of rotatable bonds is 9. The zero-order chi connectivity index (χ0) is 24.7. The quantitative estimate of drug-likeness (QED) is 0.436. The summed E-state index contributed by atoms with van der Waals surface area (Å²) in [5.74, 6) is -0.192. The lowest BCUT2D eigenvalue weighted by Gasteiger charge is -2.41. The summed E-state index contributed by atoms with van der Waals surface area (Å²) >= 11 is 6.02. The Morgan fingerprint density at radius 2 is 1.49 bits per heavy atom. The molecule has 4 nitrogen and oxygen atoms in total. The van der Waals surface area contributed by atoms with E-state index in [2.05, 4.69) is 10.2 Å². The number of likely N-dealkylation sites (tertiary alicyclic amines) is 1. The highest BCUT2D eigenvalue weighted by molar-refractivity contribution is 6.30. The first-order chi connectivity index (χ1) is 17.0. The molecule has 35 heavy (non-hydrogen) atoms. The summed E-state index contributed by atoms with van der Waals surface area (Å²) in [5.41, 5.74) is 0.835. The number of nitrogens with one attached hydrogen (secondary N) is 1. The van der Waals surface area contributed by atoms with Crippen molar-refractivity contribution in [3.05, 3.63) is 107 Å². The number of benzene rings is 3.